The Bertz CT molecular complexity index is 396. The molecule has 1 aromatic rings. The zero-order chi connectivity index (χ0) is 14.4. The van der Waals surface area contributed by atoms with E-state index in [4.69, 9.17) is 0 Å². The van der Waals surface area contributed by atoms with E-state index in [9.17, 15) is 0 Å². The molecule has 0 fully saturated rings. The van der Waals surface area contributed by atoms with Gasteiger partial charge in [0, 0.05) is 0 Å². The van der Waals surface area contributed by atoms with Crippen LogP contribution in [0.15, 0.2) is 12.1 Å². The van der Waals surface area contributed by atoms with Gasteiger partial charge in [0.1, 0.15) is 0 Å². The molecule has 0 atom stereocenters. The lowest BCUT2D eigenvalue weighted by molar-refractivity contribution is 1.64. The molecule has 3 heteroatoms. The van der Waals surface area contributed by atoms with Crippen LogP contribution in [0.2, 0.25) is 58.9 Å². The molecule has 0 heterocycles. The second-order valence-electron chi connectivity index (χ2n) is 8.41. The minimum absolute atomic E-state index is 1.27. The van der Waals surface area contributed by atoms with Gasteiger partial charge in [-0.15, -0.1) is 0 Å². The molecule has 0 nitrogen and oxygen atoms in total. The number of hydrogen-bond acceptors (Lipinski definition) is 0. The zero-order valence-electron chi connectivity index (χ0n) is 13.7. The Labute approximate surface area is 117 Å². The van der Waals surface area contributed by atoms with Crippen molar-refractivity contribution in [3.63, 3.8) is 0 Å². The van der Waals surface area contributed by atoms with Crippen LogP contribution in [0, 0.1) is 6.07 Å². The molecular weight excluding hydrogens is 264 g/mol. The van der Waals surface area contributed by atoms with Crippen LogP contribution >= 0.6 is 0 Å². The smallest absolute Gasteiger partial charge is 0.0656 e. The topological polar surface area (TPSA) is 0 Å². The molecule has 1 aromatic carbocycles. The molecule has 0 amide bonds. The summed E-state index contributed by atoms with van der Waals surface area (Å²) < 4.78 is 0. The summed E-state index contributed by atoms with van der Waals surface area (Å²) >= 11 is 0. The highest BCUT2D eigenvalue weighted by atomic mass is 28.3. The van der Waals surface area contributed by atoms with E-state index in [-0.39, 0.29) is 0 Å². The molecule has 0 aliphatic rings. The van der Waals surface area contributed by atoms with Gasteiger partial charge in [-0.1, -0.05) is 86.6 Å². The maximum absolute atomic E-state index is 3.45. The third-order valence-electron chi connectivity index (χ3n) is 3.36. The Balaban J connectivity index is 3.68. The lowest BCUT2D eigenvalue weighted by Gasteiger charge is -2.34. The molecule has 1 rings (SSSR count). The van der Waals surface area contributed by atoms with Gasteiger partial charge in [-0.2, -0.15) is 0 Å². The van der Waals surface area contributed by atoms with Gasteiger partial charge in [0.15, 0.2) is 0 Å². The maximum atomic E-state index is 3.45. The number of hydrogen-bond donors (Lipinski definition) is 0. The normalized spacial score (nSPS) is 13.8. The number of benzene rings is 1. The molecule has 0 unspecified atom stereocenters. The summed E-state index contributed by atoms with van der Waals surface area (Å²) in [5, 5.41) is 5.10. The first-order chi connectivity index (χ1) is 7.85. The molecule has 101 valence electrons. The van der Waals surface area contributed by atoms with Gasteiger partial charge in [0.05, 0.1) is 24.2 Å². The summed E-state index contributed by atoms with van der Waals surface area (Å²) in [5.74, 6) is 0. The first kappa shape index (κ1) is 15.9. The molecule has 0 saturated carbocycles. The van der Waals surface area contributed by atoms with Crippen LogP contribution in [-0.4, -0.2) is 24.2 Å². The molecule has 1 radical (unpaired) electrons. The summed E-state index contributed by atoms with van der Waals surface area (Å²) in [6.45, 7) is 22.3. The van der Waals surface area contributed by atoms with E-state index in [1.165, 1.54) is 0 Å². The Hall–Kier alpha value is -0.129. The maximum Gasteiger partial charge on any atom is 0.0774 e. The van der Waals surface area contributed by atoms with E-state index in [1.54, 1.807) is 15.6 Å². The Morgan fingerprint density at radius 1 is 0.611 bits per heavy atom. The van der Waals surface area contributed by atoms with E-state index in [2.05, 4.69) is 77.1 Å². The van der Waals surface area contributed by atoms with Crippen LogP contribution < -0.4 is 15.6 Å². The van der Waals surface area contributed by atoms with Gasteiger partial charge in [-0.25, -0.2) is 0 Å². The Kier molecular flexibility index (Phi) is 4.21. The summed E-state index contributed by atoms with van der Waals surface area (Å²) in [4.78, 5) is 0. The van der Waals surface area contributed by atoms with Gasteiger partial charge >= 0.3 is 0 Å². The third-order valence-corrected chi connectivity index (χ3v) is 9.92. The minimum atomic E-state index is -1.29. The van der Waals surface area contributed by atoms with Crippen molar-refractivity contribution in [3.8, 4) is 0 Å². The van der Waals surface area contributed by atoms with E-state index in [0.717, 1.165) is 0 Å². The Morgan fingerprint density at radius 3 is 1.17 bits per heavy atom. The highest BCUT2D eigenvalue weighted by molar-refractivity contribution is 7.03. The average Bonchev–Trinajstić information content (AvgIpc) is 2.12. The molecule has 0 saturated heterocycles. The van der Waals surface area contributed by atoms with Crippen molar-refractivity contribution in [2.45, 2.75) is 58.9 Å². The summed E-state index contributed by atoms with van der Waals surface area (Å²) in [6.07, 6.45) is 0. The fraction of sp³-hybridized carbons (Fsp3) is 0.600. The average molecular weight is 294 g/mol. The first-order valence-corrected chi connectivity index (χ1v) is 17.4. The monoisotopic (exact) mass is 293 g/mol. The van der Waals surface area contributed by atoms with Gasteiger partial charge in [0.25, 0.3) is 0 Å². The van der Waals surface area contributed by atoms with Crippen LogP contribution in [0.4, 0.5) is 0 Å². The van der Waals surface area contributed by atoms with Crippen molar-refractivity contribution >= 4 is 39.8 Å². The molecule has 0 aromatic heterocycles. The zero-order valence-corrected chi connectivity index (χ0v) is 16.7. The summed E-state index contributed by atoms with van der Waals surface area (Å²) in [5.41, 5.74) is 0. The van der Waals surface area contributed by atoms with Crippen LogP contribution in [0.3, 0.4) is 0 Å². The second kappa shape index (κ2) is 4.76. The van der Waals surface area contributed by atoms with E-state index in [0.29, 0.717) is 0 Å². The molecular formula is C15H29Si3. The first-order valence-electron chi connectivity index (χ1n) is 6.90. The third kappa shape index (κ3) is 3.46. The highest BCUT2D eigenvalue weighted by Crippen LogP contribution is 2.09. The lowest BCUT2D eigenvalue weighted by Crippen LogP contribution is -2.66. The molecule has 0 N–H and O–H groups in total. The van der Waals surface area contributed by atoms with Crippen molar-refractivity contribution in [3.05, 3.63) is 18.2 Å². The van der Waals surface area contributed by atoms with Crippen molar-refractivity contribution in [2.75, 3.05) is 0 Å². The van der Waals surface area contributed by atoms with Crippen LogP contribution in [0.5, 0.6) is 0 Å². The van der Waals surface area contributed by atoms with Crippen molar-refractivity contribution in [1.29, 1.82) is 0 Å². The van der Waals surface area contributed by atoms with Crippen molar-refractivity contribution in [2.24, 2.45) is 0 Å². The van der Waals surface area contributed by atoms with Crippen molar-refractivity contribution in [1.82, 2.24) is 0 Å². The fourth-order valence-corrected chi connectivity index (χ4v) is 11.7. The quantitative estimate of drug-likeness (QED) is 0.751. The van der Waals surface area contributed by atoms with E-state index in [1.807, 2.05) is 0 Å². The van der Waals surface area contributed by atoms with Crippen LogP contribution in [-0.2, 0) is 0 Å². The molecule has 0 bridgehead atoms. The van der Waals surface area contributed by atoms with E-state index >= 15 is 0 Å². The van der Waals surface area contributed by atoms with Crippen LogP contribution in [0.25, 0.3) is 0 Å². The van der Waals surface area contributed by atoms with Gasteiger partial charge in [0.2, 0.25) is 0 Å². The lowest BCUT2D eigenvalue weighted by atomic mass is 10.3. The minimum Gasteiger partial charge on any atom is -0.0656 e. The highest BCUT2D eigenvalue weighted by Gasteiger charge is 2.33. The molecule has 0 aliphatic carbocycles. The summed E-state index contributed by atoms with van der Waals surface area (Å²) in [7, 11) is -3.84. The summed E-state index contributed by atoms with van der Waals surface area (Å²) in [6, 6.07) is 8.04. The predicted molar refractivity (Wildman–Crippen MR) is 94.2 cm³/mol. The largest absolute Gasteiger partial charge is 0.0774 e. The SMILES string of the molecule is C[Si](C)(C)c1c[c]cc([Si](C)(C)C)c1[Si](C)(C)C. The second-order valence-corrected chi connectivity index (χ2v) is 23.5. The van der Waals surface area contributed by atoms with Crippen molar-refractivity contribution < 1.29 is 0 Å². The van der Waals surface area contributed by atoms with Gasteiger partial charge < -0.3 is 0 Å². The van der Waals surface area contributed by atoms with E-state index < -0.39 is 24.2 Å². The fourth-order valence-electron chi connectivity index (χ4n) is 2.49. The standard InChI is InChI=1S/C15H29Si3/c1-16(2,3)13-11-10-12-14(17(4,5)6)15(13)18(7,8)9/h11-12H,1-9H3. The molecule has 0 spiro atoms. The van der Waals surface area contributed by atoms with Gasteiger partial charge in [-0.05, 0) is 6.07 Å². The molecule has 18 heavy (non-hydrogen) atoms. The molecule has 0 aliphatic heterocycles. The van der Waals surface area contributed by atoms with Gasteiger partial charge in [-0.3, -0.25) is 0 Å². The van der Waals surface area contributed by atoms with Crippen LogP contribution in [0.1, 0.15) is 0 Å². The Morgan fingerprint density at radius 2 is 0.944 bits per heavy atom. The predicted octanol–water partition coefficient (Wildman–Crippen LogP) is 3.12. The number of rotatable bonds is 3.